The molecule has 0 fully saturated rings. The molecule has 1 aliphatic carbocycles. The van der Waals surface area contributed by atoms with Crippen LogP contribution in [0.4, 0.5) is 11.4 Å². The van der Waals surface area contributed by atoms with Gasteiger partial charge in [-0.2, -0.15) is 0 Å². The second kappa shape index (κ2) is 9.19. The Bertz CT molecular complexity index is 2100. The van der Waals surface area contributed by atoms with E-state index in [0.717, 1.165) is 11.4 Å². The lowest BCUT2D eigenvalue weighted by Gasteiger charge is -2.22. The number of hydrogen-bond acceptors (Lipinski definition) is 2. The molecule has 0 atom stereocenters. The van der Waals surface area contributed by atoms with Crippen LogP contribution < -0.4 is 5.32 Å². The van der Waals surface area contributed by atoms with E-state index in [-0.39, 0.29) is 5.41 Å². The maximum absolute atomic E-state index is 3.81. The average molecular weight is 544 g/mol. The third-order valence-corrected chi connectivity index (χ3v) is 9.90. The van der Waals surface area contributed by atoms with Crippen molar-refractivity contribution >= 4 is 42.9 Å². The average Bonchev–Trinajstić information content (AvgIpc) is 3.50. The molecule has 0 bridgehead atoms. The quantitative estimate of drug-likeness (QED) is 0.233. The van der Waals surface area contributed by atoms with Crippen molar-refractivity contribution in [3.05, 3.63) is 145 Å². The maximum Gasteiger partial charge on any atom is 0.0464 e. The predicted molar refractivity (Wildman–Crippen MR) is 177 cm³/mol. The SMILES string of the molecule is CC1(C)c2ccccc2-c2ccc(Nc3ccc(-c4cccc5c4sc4ccccc45)cc3-c3ccccc3)cc21. The zero-order valence-electron chi connectivity index (χ0n) is 23.1. The Balaban J connectivity index is 1.24. The summed E-state index contributed by atoms with van der Waals surface area (Å²) >= 11 is 1.88. The Labute approximate surface area is 244 Å². The maximum atomic E-state index is 3.81. The molecule has 196 valence electrons. The van der Waals surface area contributed by atoms with E-state index in [4.69, 9.17) is 0 Å². The fourth-order valence-electron chi connectivity index (χ4n) is 6.59. The number of fused-ring (bicyclic) bond motifs is 6. The van der Waals surface area contributed by atoms with Gasteiger partial charge in [-0.05, 0) is 69.3 Å². The fourth-order valence-corrected chi connectivity index (χ4v) is 7.83. The molecule has 0 unspecified atom stereocenters. The highest BCUT2D eigenvalue weighted by molar-refractivity contribution is 7.26. The second-order valence-electron chi connectivity index (χ2n) is 11.5. The van der Waals surface area contributed by atoms with Crippen molar-refractivity contribution in [3.63, 3.8) is 0 Å². The van der Waals surface area contributed by atoms with Crippen molar-refractivity contribution in [3.8, 4) is 33.4 Å². The third kappa shape index (κ3) is 3.83. The zero-order valence-corrected chi connectivity index (χ0v) is 23.9. The number of hydrogen-bond donors (Lipinski definition) is 1. The van der Waals surface area contributed by atoms with Crippen LogP contribution in [0.2, 0.25) is 0 Å². The van der Waals surface area contributed by atoms with Gasteiger partial charge in [-0.3, -0.25) is 0 Å². The lowest BCUT2D eigenvalue weighted by Crippen LogP contribution is -2.15. The Morgan fingerprint density at radius 3 is 2.15 bits per heavy atom. The largest absolute Gasteiger partial charge is 0.355 e. The standard InChI is InChI=1S/C39H29NS/c1-39(2)34-17-8-6-13-29(34)30-21-20-27(24-35(30)39)40-36-22-19-26(23-33(36)25-11-4-3-5-12-25)28-15-10-16-32-31-14-7-9-18-37(31)41-38(28)32/h3-24,40H,1-2H3. The van der Waals surface area contributed by atoms with Gasteiger partial charge in [-0.15, -0.1) is 11.3 Å². The molecule has 1 N–H and O–H groups in total. The summed E-state index contributed by atoms with van der Waals surface area (Å²) in [5, 5.41) is 6.46. The van der Waals surface area contributed by atoms with E-state index in [1.54, 1.807) is 0 Å². The van der Waals surface area contributed by atoms with Gasteiger partial charge >= 0.3 is 0 Å². The molecule has 0 aliphatic heterocycles. The van der Waals surface area contributed by atoms with E-state index in [0.29, 0.717) is 0 Å². The molecule has 7 aromatic rings. The molecule has 0 saturated heterocycles. The van der Waals surface area contributed by atoms with Crippen molar-refractivity contribution in [2.45, 2.75) is 19.3 Å². The summed E-state index contributed by atoms with van der Waals surface area (Å²) in [6.45, 7) is 4.67. The topological polar surface area (TPSA) is 12.0 Å². The molecular formula is C39H29NS. The van der Waals surface area contributed by atoms with Gasteiger partial charge in [0.05, 0.1) is 0 Å². The van der Waals surface area contributed by atoms with Crippen LogP contribution in [-0.4, -0.2) is 0 Å². The molecule has 0 amide bonds. The second-order valence-corrected chi connectivity index (χ2v) is 12.5. The van der Waals surface area contributed by atoms with Crippen LogP contribution in [0, 0.1) is 0 Å². The fraction of sp³-hybridized carbons (Fsp3) is 0.0769. The highest BCUT2D eigenvalue weighted by Crippen LogP contribution is 2.49. The van der Waals surface area contributed by atoms with E-state index >= 15 is 0 Å². The number of nitrogens with one attached hydrogen (secondary N) is 1. The smallest absolute Gasteiger partial charge is 0.0464 e. The summed E-state index contributed by atoms with van der Waals surface area (Å²) in [5.74, 6) is 0. The first-order chi connectivity index (χ1) is 20.1. The van der Waals surface area contributed by atoms with Gasteiger partial charge in [-0.1, -0.05) is 117 Å². The first-order valence-corrected chi connectivity index (χ1v) is 15.0. The molecule has 0 radical (unpaired) electrons. The summed E-state index contributed by atoms with van der Waals surface area (Å²) in [4.78, 5) is 0. The monoisotopic (exact) mass is 543 g/mol. The van der Waals surface area contributed by atoms with Gasteiger partial charge < -0.3 is 5.32 Å². The summed E-state index contributed by atoms with van der Waals surface area (Å²) in [7, 11) is 0. The highest BCUT2D eigenvalue weighted by Gasteiger charge is 2.35. The molecule has 1 aromatic heterocycles. The van der Waals surface area contributed by atoms with Crippen LogP contribution in [0.1, 0.15) is 25.0 Å². The molecule has 1 nitrogen and oxygen atoms in total. The number of thiophene rings is 1. The van der Waals surface area contributed by atoms with Gasteiger partial charge in [0, 0.05) is 42.5 Å². The van der Waals surface area contributed by atoms with Crippen molar-refractivity contribution < 1.29 is 0 Å². The normalized spacial score (nSPS) is 13.3. The van der Waals surface area contributed by atoms with Crippen molar-refractivity contribution in [2.75, 3.05) is 5.32 Å². The highest BCUT2D eigenvalue weighted by atomic mass is 32.1. The Morgan fingerprint density at radius 1 is 0.512 bits per heavy atom. The number of rotatable bonds is 4. The first kappa shape index (κ1) is 24.2. The van der Waals surface area contributed by atoms with Gasteiger partial charge in [0.1, 0.15) is 0 Å². The summed E-state index contributed by atoms with van der Waals surface area (Å²) in [5.41, 5.74) is 12.6. The van der Waals surface area contributed by atoms with Gasteiger partial charge in [0.15, 0.2) is 0 Å². The minimum Gasteiger partial charge on any atom is -0.355 e. The van der Waals surface area contributed by atoms with E-state index in [9.17, 15) is 0 Å². The van der Waals surface area contributed by atoms with Gasteiger partial charge in [0.25, 0.3) is 0 Å². The minimum atomic E-state index is -0.0291. The van der Waals surface area contributed by atoms with Crippen LogP contribution in [0.25, 0.3) is 53.6 Å². The van der Waals surface area contributed by atoms with E-state index in [2.05, 4.69) is 153 Å². The predicted octanol–water partition coefficient (Wildman–Crippen LogP) is 11.4. The van der Waals surface area contributed by atoms with E-state index in [1.165, 1.54) is 64.7 Å². The molecule has 0 saturated carbocycles. The van der Waals surface area contributed by atoms with Crippen molar-refractivity contribution in [1.29, 1.82) is 0 Å². The lowest BCUT2D eigenvalue weighted by atomic mass is 9.82. The van der Waals surface area contributed by atoms with Crippen molar-refractivity contribution in [1.82, 2.24) is 0 Å². The number of anilines is 2. The number of benzene rings is 6. The Kier molecular flexibility index (Phi) is 5.42. The Hall–Kier alpha value is -4.66. The van der Waals surface area contributed by atoms with Gasteiger partial charge in [0.2, 0.25) is 0 Å². The molecule has 2 heteroatoms. The molecule has 8 rings (SSSR count). The molecule has 1 heterocycles. The Morgan fingerprint density at radius 2 is 1.24 bits per heavy atom. The molecular weight excluding hydrogens is 515 g/mol. The summed E-state index contributed by atoms with van der Waals surface area (Å²) in [6.07, 6.45) is 0. The van der Waals surface area contributed by atoms with Crippen molar-refractivity contribution in [2.24, 2.45) is 0 Å². The van der Waals surface area contributed by atoms with Crippen LogP contribution in [0.3, 0.4) is 0 Å². The third-order valence-electron chi connectivity index (χ3n) is 8.68. The van der Waals surface area contributed by atoms with E-state index in [1.807, 2.05) is 11.3 Å². The molecule has 0 spiro atoms. The molecule has 6 aromatic carbocycles. The lowest BCUT2D eigenvalue weighted by molar-refractivity contribution is 0.660. The van der Waals surface area contributed by atoms with Crippen LogP contribution in [-0.2, 0) is 5.41 Å². The molecule has 1 aliphatic rings. The minimum absolute atomic E-state index is 0.0291. The summed E-state index contributed by atoms with van der Waals surface area (Å²) < 4.78 is 2.67. The first-order valence-electron chi connectivity index (χ1n) is 14.2. The van der Waals surface area contributed by atoms with E-state index < -0.39 is 0 Å². The van der Waals surface area contributed by atoms with Crippen LogP contribution >= 0.6 is 11.3 Å². The molecule has 41 heavy (non-hydrogen) atoms. The van der Waals surface area contributed by atoms with Crippen LogP contribution in [0.15, 0.2) is 133 Å². The van der Waals surface area contributed by atoms with Crippen LogP contribution in [0.5, 0.6) is 0 Å². The van der Waals surface area contributed by atoms with Gasteiger partial charge in [-0.25, -0.2) is 0 Å². The summed E-state index contributed by atoms with van der Waals surface area (Å²) in [6, 6.07) is 48.7. The zero-order chi connectivity index (χ0) is 27.6.